The minimum Gasteiger partial charge on any atom is -0.489 e. The Balaban J connectivity index is 1.58. The smallest absolute Gasteiger partial charge is 0.138 e. The molecular weight excluding hydrogens is 370 g/mol. The van der Waals surface area contributed by atoms with Crippen molar-refractivity contribution in [2.75, 3.05) is 19.7 Å². The van der Waals surface area contributed by atoms with E-state index >= 15 is 0 Å². The third kappa shape index (κ3) is 6.68. The van der Waals surface area contributed by atoms with Gasteiger partial charge in [0.2, 0.25) is 0 Å². The Kier molecular flexibility index (Phi) is 7.92. The molecule has 1 N–H and O–H groups in total. The van der Waals surface area contributed by atoms with Gasteiger partial charge in [-0.25, -0.2) is 0 Å². The van der Waals surface area contributed by atoms with E-state index in [-0.39, 0.29) is 6.61 Å². The Labute approximate surface area is 172 Å². The number of hydrogen-bond acceptors (Lipinski definition) is 3. The van der Waals surface area contributed by atoms with Crippen molar-refractivity contribution in [3.8, 4) is 5.75 Å². The maximum atomic E-state index is 10.5. The summed E-state index contributed by atoms with van der Waals surface area (Å²) < 4.78 is 5.70. The molecule has 0 aliphatic heterocycles. The zero-order chi connectivity index (χ0) is 19.6. The first-order chi connectivity index (χ1) is 13.7. The van der Waals surface area contributed by atoms with Crippen LogP contribution in [-0.2, 0) is 13.0 Å². The normalized spacial score (nSPS) is 12.1. The summed E-state index contributed by atoms with van der Waals surface area (Å²) in [7, 11) is 0. The quantitative estimate of drug-likeness (QED) is 0.534. The fraction of sp³-hybridized carbons (Fsp3) is 0.250. The van der Waals surface area contributed by atoms with Crippen LogP contribution in [0.2, 0.25) is 5.02 Å². The molecule has 146 valence electrons. The molecule has 28 heavy (non-hydrogen) atoms. The maximum Gasteiger partial charge on any atom is 0.138 e. The maximum absolute atomic E-state index is 10.5. The minimum atomic E-state index is -0.601. The fourth-order valence-corrected chi connectivity index (χ4v) is 3.30. The summed E-state index contributed by atoms with van der Waals surface area (Å²) in [6.07, 6.45) is 0.335. The molecule has 0 aromatic heterocycles. The lowest BCUT2D eigenvalue weighted by Crippen LogP contribution is -2.36. The molecule has 3 rings (SSSR count). The zero-order valence-electron chi connectivity index (χ0n) is 15.9. The lowest BCUT2D eigenvalue weighted by Gasteiger charge is -2.25. The minimum absolute atomic E-state index is 0.209. The van der Waals surface area contributed by atoms with Gasteiger partial charge in [0, 0.05) is 19.6 Å². The second-order valence-corrected chi connectivity index (χ2v) is 7.26. The van der Waals surface area contributed by atoms with Crippen LogP contribution in [0.3, 0.4) is 0 Å². The molecule has 0 spiro atoms. The van der Waals surface area contributed by atoms with Gasteiger partial charge >= 0.3 is 0 Å². The van der Waals surface area contributed by atoms with Crippen molar-refractivity contribution in [1.29, 1.82) is 0 Å². The van der Waals surface area contributed by atoms with E-state index in [1.54, 1.807) is 6.07 Å². The summed E-state index contributed by atoms with van der Waals surface area (Å²) in [5.74, 6) is 0.599. The lowest BCUT2D eigenvalue weighted by molar-refractivity contribution is 0.0660. The van der Waals surface area contributed by atoms with Crippen LogP contribution in [0.5, 0.6) is 5.75 Å². The molecule has 0 aliphatic carbocycles. The van der Waals surface area contributed by atoms with Gasteiger partial charge < -0.3 is 9.84 Å². The molecule has 0 radical (unpaired) electrons. The second kappa shape index (κ2) is 10.9. The first-order valence-electron chi connectivity index (χ1n) is 9.56. The number of benzene rings is 3. The molecule has 0 saturated heterocycles. The molecule has 3 aromatic carbocycles. The van der Waals surface area contributed by atoms with Gasteiger partial charge in [0.15, 0.2) is 0 Å². The van der Waals surface area contributed by atoms with E-state index in [9.17, 15) is 5.11 Å². The van der Waals surface area contributed by atoms with Crippen LogP contribution in [-0.4, -0.2) is 35.8 Å². The van der Waals surface area contributed by atoms with Crippen molar-refractivity contribution >= 4 is 11.6 Å². The molecular formula is C24H26ClNO2. The SMILES string of the molecule is OC(COc1ccccc1Cl)CN(CCc1ccccc1)Cc1ccccc1. The van der Waals surface area contributed by atoms with Gasteiger partial charge in [-0.15, -0.1) is 0 Å². The molecule has 0 saturated carbocycles. The summed E-state index contributed by atoms with van der Waals surface area (Å²) in [6, 6.07) is 28.1. The third-order valence-electron chi connectivity index (χ3n) is 4.55. The van der Waals surface area contributed by atoms with Crippen molar-refractivity contribution in [2.24, 2.45) is 0 Å². The summed E-state index contributed by atoms with van der Waals surface area (Å²) in [5, 5.41) is 11.1. The van der Waals surface area contributed by atoms with E-state index in [4.69, 9.17) is 16.3 Å². The highest BCUT2D eigenvalue weighted by Gasteiger charge is 2.14. The number of nitrogens with zero attached hydrogens (tertiary/aromatic N) is 1. The molecule has 4 heteroatoms. The Hall–Kier alpha value is -2.33. The monoisotopic (exact) mass is 395 g/mol. The Morgan fingerprint density at radius 2 is 1.43 bits per heavy atom. The van der Waals surface area contributed by atoms with Crippen molar-refractivity contribution in [2.45, 2.75) is 19.1 Å². The van der Waals surface area contributed by atoms with E-state index < -0.39 is 6.10 Å². The van der Waals surface area contributed by atoms with Crippen molar-refractivity contribution < 1.29 is 9.84 Å². The molecule has 0 fully saturated rings. The molecule has 1 atom stereocenters. The molecule has 0 heterocycles. The van der Waals surface area contributed by atoms with E-state index in [0.29, 0.717) is 17.3 Å². The Morgan fingerprint density at radius 3 is 2.11 bits per heavy atom. The van der Waals surface area contributed by atoms with Gasteiger partial charge in [-0.1, -0.05) is 84.4 Å². The molecule has 1 unspecified atom stereocenters. The lowest BCUT2D eigenvalue weighted by atomic mass is 10.1. The fourth-order valence-electron chi connectivity index (χ4n) is 3.11. The summed E-state index contributed by atoms with van der Waals surface area (Å²) in [5.41, 5.74) is 2.53. The van der Waals surface area contributed by atoms with Crippen LogP contribution in [0.1, 0.15) is 11.1 Å². The van der Waals surface area contributed by atoms with Crippen LogP contribution in [0.15, 0.2) is 84.9 Å². The number of para-hydroxylation sites is 1. The zero-order valence-corrected chi connectivity index (χ0v) is 16.6. The number of halogens is 1. The topological polar surface area (TPSA) is 32.7 Å². The second-order valence-electron chi connectivity index (χ2n) is 6.85. The predicted octanol–water partition coefficient (Wildman–Crippen LogP) is 4.82. The number of rotatable bonds is 10. The number of ether oxygens (including phenoxy) is 1. The molecule has 0 amide bonds. The number of aliphatic hydroxyl groups is 1. The standard InChI is InChI=1S/C24H26ClNO2/c25-23-13-7-8-14-24(23)28-19-22(27)18-26(17-21-11-5-2-6-12-21)16-15-20-9-3-1-4-10-20/h1-14,22,27H,15-19H2. The van der Waals surface area contributed by atoms with Crippen LogP contribution in [0.4, 0.5) is 0 Å². The van der Waals surface area contributed by atoms with Gasteiger partial charge in [-0.3, -0.25) is 4.90 Å². The highest BCUT2D eigenvalue weighted by molar-refractivity contribution is 6.32. The highest BCUT2D eigenvalue weighted by Crippen LogP contribution is 2.23. The summed E-state index contributed by atoms with van der Waals surface area (Å²) in [6.45, 7) is 2.39. The van der Waals surface area contributed by atoms with Crippen LogP contribution < -0.4 is 4.74 Å². The third-order valence-corrected chi connectivity index (χ3v) is 4.86. The number of hydrogen-bond donors (Lipinski definition) is 1. The largest absolute Gasteiger partial charge is 0.489 e. The first-order valence-corrected chi connectivity index (χ1v) is 9.94. The van der Waals surface area contributed by atoms with Crippen molar-refractivity contribution in [3.05, 3.63) is 101 Å². The molecule has 0 aliphatic rings. The average Bonchev–Trinajstić information content (AvgIpc) is 2.73. The first kappa shape index (κ1) is 20.4. The number of aliphatic hydroxyl groups excluding tert-OH is 1. The van der Waals surface area contributed by atoms with Crippen molar-refractivity contribution in [3.63, 3.8) is 0 Å². The van der Waals surface area contributed by atoms with Gasteiger partial charge in [-0.05, 0) is 29.7 Å². The van der Waals surface area contributed by atoms with Gasteiger partial charge in [-0.2, -0.15) is 0 Å². The molecule has 0 bridgehead atoms. The van der Waals surface area contributed by atoms with Gasteiger partial charge in [0.05, 0.1) is 5.02 Å². The van der Waals surface area contributed by atoms with Gasteiger partial charge in [0.1, 0.15) is 18.5 Å². The predicted molar refractivity (Wildman–Crippen MR) is 115 cm³/mol. The summed E-state index contributed by atoms with van der Waals surface area (Å²) in [4.78, 5) is 2.27. The molecule has 3 nitrogen and oxygen atoms in total. The van der Waals surface area contributed by atoms with Gasteiger partial charge in [0.25, 0.3) is 0 Å². The van der Waals surface area contributed by atoms with Crippen LogP contribution >= 0.6 is 11.6 Å². The van der Waals surface area contributed by atoms with Crippen LogP contribution in [0, 0.1) is 0 Å². The van der Waals surface area contributed by atoms with E-state index in [0.717, 1.165) is 19.5 Å². The highest BCUT2D eigenvalue weighted by atomic mass is 35.5. The van der Waals surface area contributed by atoms with E-state index in [2.05, 4.69) is 41.3 Å². The Bertz CT molecular complexity index is 826. The Morgan fingerprint density at radius 1 is 0.821 bits per heavy atom. The summed E-state index contributed by atoms with van der Waals surface area (Å²) >= 11 is 6.12. The van der Waals surface area contributed by atoms with E-state index in [1.807, 2.05) is 42.5 Å². The molecule has 3 aromatic rings. The van der Waals surface area contributed by atoms with Crippen molar-refractivity contribution in [1.82, 2.24) is 4.90 Å². The van der Waals surface area contributed by atoms with Crippen LogP contribution in [0.25, 0.3) is 0 Å². The van der Waals surface area contributed by atoms with E-state index in [1.165, 1.54) is 11.1 Å². The average molecular weight is 396 g/mol.